The highest BCUT2D eigenvalue weighted by atomic mass is 127. The number of nitrogens with zero attached hydrogens (tertiary/aromatic N) is 3. The molecule has 0 spiro atoms. The topological polar surface area (TPSA) is 38.8 Å². The molecule has 0 saturated heterocycles. The first-order chi connectivity index (χ1) is 12.0. The van der Waals surface area contributed by atoms with Gasteiger partial charge in [-0.3, -0.25) is 19.0 Å². The molecule has 0 radical (unpaired) electrons. The van der Waals surface area contributed by atoms with E-state index in [0.717, 1.165) is 61.1 Å². The lowest BCUT2D eigenvalue weighted by Gasteiger charge is -2.27. The van der Waals surface area contributed by atoms with Crippen LogP contribution in [0, 0.1) is 0 Å². The van der Waals surface area contributed by atoms with Crippen LogP contribution in [-0.2, 0) is 6.54 Å². The number of aldehydes is 1. The summed E-state index contributed by atoms with van der Waals surface area (Å²) in [7, 11) is 8.11. The zero-order valence-corrected chi connectivity index (χ0v) is 21.4. The lowest BCUT2D eigenvalue weighted by Crippen LogP contribution is -2.34. The van der Waals surface area contributed by atoms with Gasteiger partial charge in [0.15, 0.2) is 6.29 Å². The quantitative estimate of drug-likeness (QED) is 0.0739. The Labute approximate surface area is 180 Å². The zero-order chi connectivity index (χ0) is 18.7. The molecule has 0 aliphatic carbocycles. The maximum absolute atomic E-state index is 11.0. The van der Waals surface area contributed by atoms with Gasteiger partial charge >= 0.3 is 0 Å². The first-order valence-corrected chi connectivity index (χ1v) is 11.9. The molecule has 3 unspecified atom stereocenters. The van der Waals surface area contributed by atoms with Crippen LogP contribution >= 0.6 is 66.7 Å². The van der Waals surface area contributed by atoms with Gasteiger partial charge in [-0.15, -0.1) is 0 Å². The van der Waals surface area contributed by atoms with Crippen molar-refractivity contribution in [2.45, 2.75) is 13.0 Å². The van der Waals surface area contributed by atoms with E-state index in [-0.39, 0.29) is 0 Å². The predicted octanol–water partition coefficient (Wildman–Crippen LogP) is 3.37. The molecule has 142 valence electrons. The number of benzene rings is 1. The van der Waals surface area contributed by atoms with Gasteiger partial charge in [0.2, 0.25) is 0 Å². The minimum Gasteiger partial charge on any atom is -0.301 e. The summed E-state index contributed by atoms with van der Waals surface area (Å²) in [5, 5.41) is 3.13. The second-order valence-corrected chi connectivity index (χ2v) is 9.13. The van der Waals surface area contributed by atoms with E-state index in [9.17, 15) is 4.79 Å². The van der Waals surface area contributed by atoms with Crippen LogP contribution < -0.4 is 5.09 Å². The molecule has 0 aliphatic rings. The molecule has 3 atom stereocenters. The van der Waals surface area contributed by atoms with Gasteiger partial charge in [-0.1, -0.05) is 78.8 Å². The van der Waals surface area contributed by atoms with Gasteiger partial charge < -0.3 is 5.09 Å². The second-order valence-electron chi connectivity index (χ2n) is 5.72. The number of carbonyl (C=O) groups excluding carboxylic acids is 1. The highest BCUT2D eigenvalue weighted by Gasteiger charge is 2.10. The molecule has 0 fully saturated rings. The molecule has 25 heavy (non-hydrogen) atoms. The molecule has 10 heteroatoms. The molecule has 1 aromatic rings. The Morgan fingerprint density at radius 2 is 1.96 bits per heavy atom. The summed E-state index contributed by atoms with van der Waals surface area (Å²) >= 11 is 5.83. The van der Waals surface area contributed by atoms with Gasteiger partial charge in [-0.05, 0) is 31.1 Å². The van der Waals surface area contributed by atoms with Crippen molar-refractivity contribution in [2.75, 3.05) is 37.4 Å². The fraction of sp³-hybridized carbons (Fsp3) is 0.533. The SMILES string of the molecule is O=Cc1ccc(CN(CCCNP)CCN(P)CN(P)CI)cc1Br. The molecular weight excluding hydrogens is 552 g/mol. The molecule has 0 aliphatic heterocycles. The number of carbonyl (C=O) groups is 1. The van der Waals surface area contributed by atoms with Crippen molar-refractivity contribution in [3.8, 4) is 0 Å². The molecule has 0 saturated carbocycles. The Balaban J connectivity index is 2.62. The summed E-state index contributed by atoms with van der Waals surface area (Å²) in [6.07, 6.45) is 1.97. The van der Waals surface area contributed by atoms with Crippen LogP contribution in [0.4, 0.5) is 0 Å². The number of rotatable bonds is 13. The van der Waals surface area contributed by atoms with E-state index in [1.54, 1.807) is 0 Å². The van der Waals surface area contributed by atoms with Crippen LogP contribution in [0.25, 0.3) is 0 Å². The van der Waals surface area contributed by atoms with Crippen molar-refractivity contribution < 1.29 is 4.79 Å². The normalized spacial score (nSPS) is 11.7. The largest absolute Gasteiger partial charge is 0.301 e. The smallest absolute Gasteiger partial charge is 0.151 e. The lowest BCUT2D eigenvalue weighted by molar-refractivity contribution is 0.112. The molecule has 1 rings (SSSR count). The monoisotopic (exact) mass is 578 g/mol. The maximum Gasteiger partial charge on any atom is 0.151 e. The third-order valence-corrected chi connectivity index (χ3v) is 6.98. The molecule has 0 heterocycles. The van der Waals surface area contributed by atoms with Crippen LogP contribution in [0.15, 0.2) is 22.7 Å². The minimum atomic E-state index is 0.693. The number of hydrogen-bond acceptors (Lipinski definition) is 5. The molecule has 1 aromatic carbocycles. The van der Waals surface area contributed by atoms with Gasteiger partial charge in [0, 0.05) is 29.7 Å². The van der Waals surface area contributed by atoms with Crippen molar-refractivity contribution >= 4 is 73.0 Å². The fourth-order valence-corrected chi connectivity index (χ4v) is 3.97. The van der Waals surface area contributed by atoms with E-state index >= 15 is 0 Å². The Kier molecular flexibility index (Phi) is 13.8. The number of hydrogen-bond donors (Lipinski definition) is 1. The Hall–Kier alpha value is 1.23. The summed E-state index contributed by atoms with van der Waals surface area (Å²) in [4.78, 5) is 13.4. The minimum absolute atomic E-state index is 0.693. The van der Waals surface area contributed by atoms with Gasteiger partial charge in [-0.2, -0.15) is 0 Å². The van der Waals surface area contributed by atoms with Crippen LogP contribution in [0.5, 0.6) is 0 Å². The first kappa shape index (κ1) is 24.3. The van der Waals surface area contributed by atoms with Crippen molar-refractivity contribution in [1.82, 2.24) is 19.3 Å². The first-order valence-electron chi connectivity index (χ1n) is 7.94. The average molecular weight is 579 g/mol. The third-order valence-electron chi connectivity index (χ3n) is 3.61. The Bertz CT molecular complexity index is 530. The predicted molar refractivity (Wildman–Crippen MR) is 129 cm³/mol. The van der Waals surface area contributed by atoms with Gasteiger partial charge in [-0.25, -0.2) is 0 Å². The number of alkyl halides is 1. The van der Waals surface area contributed by atoms with E-state index in [1.807, 2.05) is 18.2 Å². The van der Waals surface area contributed by atoms with E-state index in [2.05, 4.69) is 86.0 Å². The van der Waals surface area contributed by atoms with E-state index in [1.165, 1.54) is 5.56 Å². The van der Waals surface area contributed by atoms with Crippen LogP contribution in [-0.4, -0.2) is 57.9 Å². The van der Waals surface area contributed by atoms with Crippen LogP contribution in [0.3, 0.4) is 0 Å². The van der Waals surface area contributed by atoms with Crippen LogP contribution in [0.1, 0.15) is 22.3 Å². The van der Waals surface area contributed by atoms with Crippen LogP contribution in [0.2, 0.25) is 0 Å². The Morgan fingerprint density at radius 3 is 2.56 bits per heavy atom. The highest BCUT2D eigenvalue weighted by Crippen LogP contribution is 2.18. The van der Waals surface area contributed by atoms with E-state index in [0.29, 0.717) is 5.56 Å². The summed E-state index contributed by atoms with van der Waals surface area (Å²) < 4.78 is 6.28. The molecule has 0 bridgehead atoms. The molecule has 1 N–H and O–H groups in total. The summed E-state index contributed by atoms with van der Waals surface area (Å²) in [6.45, 7) is 5.77. The summed E-state index contributed by atoms with van der Waals surface area (Å²) in [5.41, 5.74) is 1.91. The van der Waals surface area contributed by atoms with E-state index in [4.69, 9.17) is 0 Å². The highest BCUT2D eigenvalue weighted by molar-refractivity contribution is 14.1. The van der Waals surface area contributed by atoms with Crippen molar-refractivity contribution in [2.24, 2.45) is 0 Å². The maximum atomic E-state index is 11.0. The second kappa shape index (κ2) is 14.3. The molecule has 0 amide bonds. The fourth-order valence-electron chi connectivity index (χ4n) is 2.31. The molecule has 0 aromatic heterocycles. The van der Waals surface area contributed by atoms with Gasteiger partial charge in [0.05, 0.1) is 11.2 Å². The standard InChI is InChI=1S/C15H27BrIN4OP3/c16-15-8-13(2-3-14(15)10-22)9-19(5-1-4-18-23)6-7-20(24)12-21(25)11-17/h2-3,8,10,18H,1,4-7,9,11-12,23-25H2. The number of halogens is 2. The summed E-state index contributed by atoms with van der Waals surface area (Å²) in [5.74, 6) is 0. The van der Waals surface area contributed by atoms with Gasteiger partial charge in [0.25, 0.3) is 0 Å². The third kappa shape index (κ3) is 10.4. The summed E-state index contributed by atoms with van der Waals surface area (Å²) in [6, 6.07) is 5.96. The van der Waals surface area contributed by atoms with Crippen molar-refractivity contribution in [3.05, 3.63) is 33.8 Å². The molecular formula is C15H27BrIN4OP3. The zero-order valence-electron chi connectivity index (χ0n) is 14.2. The van der Waals surface area contributed by atoms with E-state index < -0.39 is 0 Å². The number of nitrogens with one attached hydrogen (secondary N) is 1. The Morgan fingerprint density at radius 1 is 1.20 bits per heavy atom. The van der Waals surface area contributed by atoms with Crippen molar-refractivity contribution in [1.29, 1.82) is 0 Å². The molecule has 5 nitrogen and oxygen atoms in total. The van der Waals surface area contributed by atoms with Gasteiger partial charge in [0.1, 0.15) is 0 Å². The average Bonchev–Trinajstić information content (AvgIpc) is 2.59. The van der Waals surface area contributed by atoms with Crippen molar-refractivity contribution in [3.63, 3.8) is 0 Å². The lowest BCUT2D eigenvalue weighted by atomic mass is 10.1.